The van der Waals surface area contributed by atoms with E-state index in [2.05, 4.69) is 60.8 Å². The first-order valence-corrected chi connectivity index (χ1v) is 4.78. The molecule has 0 spiro atoms. The highest BCUT2D eigenvalue weighted by Gasteiger charge is 1.74. The summed E-state index contributed by atoms with van der Waals surface area (Å²) in [5, 5.41) is 0. The van der Waals surface area contributed by atoms with E-state index in [1.54, 1.807) is 0 Å². The molecule has 0 bridgehead atoms. The van der Waals surface area contributed by atoms with Gasteiger partial charge in [-0.2, -0.15) is 0 Å². The van der Waals surface area contributed by atoms with Gasteiger partial charge in [0.15, 0.2) is 0 Å². The van der Waals surface area contributed by atoms with Crippen molar-refractivity contribution in [3.8, 4) is 0 Å². The van der Waals surface area contributed by atoms with Gasteiger partial charge in [0.05, 0.1) is 0 Å². The summed E-state index contributed by atoms with van der Waals surface area (Å²) in [6, 6.07) is 0. The Labute approximate surface area is 80.7 Å². The zero-order valence-corrected chi connectivity index (χ0v) is 7.89. The van der Waals surface area contributed by atoms with Gasteiger partial charge in [-0.1, -0.05) is 60.8 Å². The van der Waals surface area contributed by atoms with Crippen molar-refractivity contribution < 1.29 is 0 Å². The first-order valence-electron chi connectivity index (χ1n) is 4.78. The Morgan fingerprint density at radius 2 is 0.769 bits per heavy atom. The van der Waals surface area contributed by atoms with Crippen molar-refractivity contribution in [1.29, 1.82) is 0 Å². The molecule has 0 aromatic heterocycles. The van der Waals surface area contributed by atoms with Crippen molar-refractivity contribution in [3.63, 3.8) is 0 Å². The molecule has 0 aromatic carbocycles. The molecule has 0 heterocycles. The van der Waals surface area contributed by atoms with Crippen molar-refractivity contribution >= 4 is 0 Å². The van der Waals surface area contributed by atoms with Gasteiger partial charge in [-0.3, -0.25) is 0 Å². The molecule has 0 nitrogen and oxygen atoms in total. The Bertz CT molecular complexity index is 223. The van der Waals surface area contributed by atoms with E-state index >= 15 is 0 Å². The summed E-state index contributed by atoms with van der Waals surface area (Å²) in [5.74, 6) is 0. The molecule has 0 N–H and O–H groups in total. The van der Waals surface area contributed by atoms with Crippen LogP contribution in [0.25, 0.3) is 0 Å². The van der Waals surface area contributed by atoms with Crippen molar-refractivity contribution in [1.82, 2.24) is 0 Å². The maximum Gasteiger partial charge on any atom is -0.0166 e. The van der Waals surface area contributed by atoms with Gasteiger partial charge < -0.3 is 0 Å². The third-order valence-electron chi connectivity index (χ3n) is 1.76. The van der Waals surface area contributed by atoms with Gasteiger partial charge >= 0.3 is 0 Å². The van der Waals surface area contributed by atoms with E-state index in [9.17, 15) is 0 Å². The lowest BCUT2D eigenvalue weighted by atomic mass is 10.3. The second-order valence-corrected chi connectivity index (χ2v) is 2.89. The van der Waals surface area contributed by atoms with Crippen molar-refractivity contribution in [2.45, 2.75) is 19.3 Å². The predicted molar refractivity (Wildman–Crippen MR) is 59.6 cm³/mol. The Morgan fingerprint density at radius 3 is 1.23 bits per heavy atom. The molecule has 0 aromatic rings. The molecular weight excluding hydrogens is 156 g/mol. The lowest BCUT2D eigenvalue weighted by Gasteiger charge is -1.82. The van der Waals surface area contributed by atoms with Crippen LogP contribution in [0.2, 0.25) is 0 Å². The summed E-state index contributed by atoms with van der Waals surface area (Å²) in [6.45, 7) is 0. The molecule has 1 aliphatic carbocycles. The van der Waals surface area contributed by atoms with Gasteiger partial charge in [-0.05, 0) is 19.3 Å². The van der Waals surface area contributed by atoms with Crippen LogP contribution in [0, 0.1) is 0 Å². The van der Waals surface area contributed by atoms with Crippen LogP contribution in [-0.4, -0.2) is 0 Å². The quantitative estimate of drug-likeness (QED) is 0.485. The first kappa shape index (κ1) is 9.79. The zero-order valence-electron chi connectivity index (χ0n) is 7.89. The summed E-state index contributed by atoms with van der Waals surface area (Å²) >= 11 is 0. The fourth-order valence-corrected chi connectivity index (χ4v) is 1.06. The molecule has 13 heavy (non-hydrogen) atoms. The number of allylic oxidation sites excluding steroid dienone is 10. The third-order valence-corrected chi connectivity index (χ3v) is 1.76. The molecule has 0 saturated carbocycles. The molecule has 0 amide bonds. The van der Waals surface area contributed by atoms with E-state index in [0.29, 0.717) is 0 Å². The van der Waals surface area contributed by atoms with Gasteiger partial charge in [0.25, 0.3) is 0 Å². The smallest absolute Gasteiger partial charge is 0.0166 e. The molecular formula is C13H16. The van der Waals surface area contributed by atoms with Crippen LogP contribution in [0.4, 0.5) is 0 Å². The zero-order chi connectivity index (χ0) is 9.19. The van der Waals surface area contributed by atoms with Gasteiger partial charge in [0.2, 0.25) is 0 Å². The topological polar surface area (TPSA) is 0 Å². The number of hydrogen-bond donors (Lipinski definition) is 0. The maximum absolute atomic E-state index is 2.20. The van der Waals surface area contributed by atoms with Crippen LogP contribution >= 0.6 is 0 Å². The van der Waals surface area contributed by atoms with E-state index < -0.39 is 0 Å². The van der Waals surface area contributed by atoms with Crippen molar-refractivity contribution in [2.75, 3.05) is 0 Å². The van der Waals surface area contributed by atoms with Crippen LogP contribution < -0.4 is 0 Å². The minimum Gasteiger partial charge on any atom is -0.0844 e. The van der Waals surface area contributed by atoms with Crippen LogP contribution in [0.3, 0.4) is 0 Å². The molecule has 1 rings (SSSR count). The highest BCUT2D eigenvalue weighted by atomic mass is 13.8. The Hall–Kier alpha value is -1.30. The Kier molecular flexibility index (Phi) is 5.54. The fraction of sp³-hybridized carbons (Fsp3) is 0.231. The van der Waals surface area contributed by atoms with E-state index in [1.807, 2.05) is 0 Å². The van der Waals surface area contributed by atoms with Crippen LogP contribution in [0.1, 0.15) is 19.3 Å². The second-order valence-electron chi connectivity index (χ2n) is 2.89. The van der Waals surface area contributed by atoms with Crippen LogP contribution in [-0.2, 0) is 0 Å². The van der Waals surface area contributed by atoms with Gasteiger partial charge in [-0.15, -0.1) is 0 Å². The average Bonchev–Trinajstić information content (AvgIpc) is 2.18. The second kappa shape index (κ2) is 7.35. The molecule has 0 saturated heterocycles. The van der Waals surface area contributed by atoms with Crippen molar-refractivity contribution in [2.24, 2.45) is 0 Å². The summed E-state index contributed by atoms with van der Waals surface area (Å²) < 4.78 is 0. The maximum atomic E-state index is 2.20. The Balaban J connectivity index is 2.49. The molecule has 0 heteroatoms. The Morgan fingerprint density at radius 1 is 0.385 bits per heavy atom. The third kappa shape index (κ3) is 5.92. The lowest BCUT2D eigenvalue weighted by Crippen LogP contribution is -1.61. The highest BCUT2D eigenvalue weighted by Crippen LogP contribution is 1.95. The lowest BCUT2D eigenvalue weighted by molar-refractivity contribution is 1.28. The predicted octanol–water partition coefficient (Wildman–Crippen LogP) is 3.95. The first-order chi connectivity index (χ1) is 6.50. The fourth-order valence-electron chi connectivity index (χ4n) is 1.06. The highest BCUT2D eigenvalue weighted by molar-refractivity contribution is 5.13. The molecule has 0 unspecified atom stereocenters. The molecule has 0 aliphatic heterocycles. The molecule has 0 radical (unpaired) electrons. The normalized spacial score (nSPS) is 25.2. The summed E-state index contributed by atoms with van der Waals surface area (Å²) in [5.41, 5.74) is 0. The van der Waals surface area contributed by atoms with Crippen LogP contribution in [0.5, 0.6) is 0 Å². The number of hydrogen-bond acceptors (Lipinski definition) is 0. The standard InChI is InChI=1S/C13H16/c1-2-4-6-8-10-12-13-11-9-7-5-3-1/h1-6,9-12H,7-8,13H2/b2-1?,5-3-,6-4?,11-9-,12-10+. The average molecular weight is 172 g/mol. The van der Waals surface area contributed by atoms with E-state index in [0.717, 1.165) is 19.3 Å². The number of rotatable bonds is 0. The summed E-state index contributed by atoms with van der Waals surface area (Å²) in [7, 11) is 0. The minimum absolute atomic E-state index is 1.03. The molecule has 0 fully saturated rings. The minimum atomic E-state index is 1.03. The van der Waals surface area contributed by atoms with E-state index in [1.165, 1.54) is 0 Å². The molecule has 68 valence electrons. The van der Waals surface area contributed by atoms with Crippen molar-refractivity contribution in [3.05, 3.63) is 60.8 Å². The molecule has 0 atom stereocenters. The summed E-state index contributed by atoms with van der Waals surface area (Å²) in [4.78, 5) is 0. The van der Waals surface area contributed by atoms with Gasteiger partial charge in [0.1, 0.15) is 0 Å². The van der Waals surface area contributed by atoms with Crippen LogP contribution in [0.15, 0.2) is 60.8 Å². The van der Waals surface area contributed by atoms with Gasteiger partial charge in [-0.25, -0.2) is 0 Å². The monoisotopic (exact) mass is 172 g/mol. The summed E-state index contributed by atoms with van der Waals surface area (Å²) in [6.07, 6.45) is 24.5. The largest absolute Gasteiger partial charge is 0.0844 e. The van der Waals surface area contributed by atoms with E-state index in [4.69, 9.17) is 0 Å². The van der Waals surface area contributed by atoms with Gasteiger partial charge in [0, 0.05) is 0 Å². The molecule has 1 aliphatic rings. The SMILES string of the molecule is C1=C/C=C\C/C=C\C/C=C/CC=C1. The van der Waals surface area contributed by atoms with E-state index in [-0.39, 0.29) is 0 Å².